The van der Waals surface area contributed by atoms with E-state index in [9.17, 15) is 13.2 Å². The molecule has 0 saturated heterocycles. The zero-order chi connectivity index (χ0) is 12.9. The van der Waals surface area contributed by atoms with Crippen molar-refractivity contribution in [2.45, 2.75) is 13.2 Å². The highest BCUT2D eigenvalue weighted by Gasteiger charge is 2.14. The molecule has 17 heavy (non-hydrogen) atoms. The molecule has 3 N–H and O–H groups in total. The predicted octanol–water partition coefficient (Wildman–Crippen LogP) is -0.317. The van der Waals surface area contributed by atoms with Gasteiger partial charge in [-0.1, -0.05) is 24.3 Å². The summed E-state index contributed by atoms with van der Waals surface area (Å²) in [6.45, 7) is -0.126. The molecule has 0 aromatic heterocycles. The lowest BCUT2D eigenvalue weighted by Crippen LogP contribution is -2.29. The molecule has 94 valence electrons. The molecule has 0 atom stereocenters. The van der Waals surface area contributed by atoms with Crippen LogP contribution in [0.5, 0.6) is 0 Å². The summed E-state index contributed by atoms with van der Waals surface area (Å²) in [5.74, 6) is -2.35. The lowest BCUT2D eigenvalue weighted by molar-refractivity contribution is -0.134. The molecule has 0 aliphatic heterocycles. The summed E-state index contributed by atoms with van der Waals surface area (Å²) in [5, 5.41) is 17.3. The molecule has 0 radical (unpaired) electrons. The van der Waals surface area contributed by atoms with Gasteiger partial charge in [0.25, 0.3) is 0 Å². The second kappa shape index (κ2) is 5.76. The van der Waals surface area contributed by atoms with Crippen molar-refractivity contribution in [1.29, 1.82) is 0 Å². The van der Waals surface area contributed by atoms with Gasteiger partial charge >= 0.3 is 5.97 Å². The van der Waals surface area contributed by atoms with Crippen molar-refractivity contribution in [3.05, 3.63) is 35.4 Å². The highest BCUT2D eigenvalue weighted by Crippen LogP contribution is 2.05. The number of aliphatic hydroxyl groups is 1. The zero-order valence-electron chi connectivity index (χ0n) is 8.96. The van der Waals surface area contributed by atoms with Crippen LogP contribution in [0.25, 0.3) is 0 Å². The number of nitrogens with one attached hydrogen (secondary N) is 1. The number of carbonyl (C=O) groups is 1. The highest BCUT2D eigenvalue weighted by molar-refractivity contribution is 7.90. The molecule has 0 bridgehead atoms. The maximum Gasteiger partial charge on any atom is 0.320 e. The first-order valence-corrected chi connectivity index (χ1v) is 6.46. The van der Waals surface area contributed by atoms with E-state index in [0.717, 1.165) is 0 Å². The number of sulfonamides is 1. The molecule has 0 aliphatic rings. The fraction of sp³-hybridized carbons (Fsp3) is 0.300. The van der Waals surface area contributed by atoms with Gasteiger partial charge < -0.3 is 10.2 Å². The summed E-state index contributed by atoms with van der Waals surface area (Å²) in [5.41, 5.74) is 1.32. The lowest BCUT2D eigenvalue weighted by atomic mass is 10.1. The Morgan fingerprint density at radius 1 is 1.29 bits per heavy atom. The van der Waals surface area contributed by atoms with Crippen LogP contribution in [0.4, 0.5) is 0 Å². The van der Waals surface area contributed by atoms with Crippen LogP contribution < -0.4 is 4.72 Å². The quantitative estimate of drug-likeness (QED) is 0.649. The number of benzene rings is 1. The summed E-state index contributed by atoms with van der Waals surface area (Å²) >= 11 is 0. The van der Waals surface area contributed by atoms with Crippen molar-refractivity contribution < 1.29 is 23.4 Å². The molecule has 1 aromatic carbocycles. The molecule has 7 heteroatoms. The fourth-order valence-electron chi connectivity index (χ4n) is 1.24. The molecule has 0 fully saturated rings. The Bertz CT molecular complexity index is 497. The van der Waals surface area contributed by atoms with E-state index in [1.165, 1.54) is 0 Å². The molecule has 6 nitrogen and oxygen atoms in total. The molecule has 1 aromatic rings. The summed E-state index contributed by atoms with van der Waals surface area (Å²) in [6.07, 6.45) is 0. The third kappa shape index (κ3) is 4.94. The van der Waals surface area contributed by atoms with Crippen molar-refractivity contribution in [1.82, 2.24) is 4.72 Å². The normalized spacial score (nSPS) is 11.4. The van der Waals surface area contributed by atoms with Crippen LogP contribution in [-0.2, 0) is 28.0 Å². The van der Waals surface area contributed by atoms with E-state index in [-0.39, 0.29) is 13.2 Å². The monoisotopic (exact) mass is 259 g/mol. The Hall–Kier alpha value is -1.44. The van der Waals surface area contributed by atoms with Crippen molar-refractivity contribution >= 4 is 16.0 Å². The van der Waals surface area contributed by atoms with Crippen LogP contribution >= 0.6 is 0 Å². The lowest BCUT2D eigenvalue weighted by Gasteiger charge is -2.05. The topological polar surface area (TPSA) is 104 Å². The second-order valence-electron chi connectivity index (χ2n) is 3.45. The minimum Gasteiger partial charge on any atom is -0.480 e. The van der Waals surface area contributed by atoms with E-state index in [0.29, 0.717) is 11.1 Å². The van der Waals surface area contributed by atoms with Crippen LogP contribution in [0, 0.1) is 0 Å². The average molecular weight is 259 g/mol. The summed E-state index contributed by atoms with van der Waals surface area (Å²) in [4.78, 5) is 10.3. The van der Waals surface area contributed by atoms with Gasteiger partial charge in [0, 0.05) is 6.54 Å². The Labute approximate surface area is 99.0 Å². The molecule has 1 rings (SSSR count). The van der Waals surface area contributed by atoms with Crippen LogP contribution in [0.1, 0.15) is 11.1 Å². The van der Waals surface area contributed by atoms with E-state index in [2.05, 4.69) is 4.72 Å². The number of aliphatic hydroxyl groups excluding tert-OH is 1. The predicted molar refractivity (Wildman–Crippen MR) is 60.6 cm³/mol. The molecule has 0 aliphatic carbocycles. The maximum atomic E-state index is 11.2. The molecular formula is C10H13NO5S. The van der Waals surface area contributed by atoms with Gasteiger partial charge in [-0.3, -0.25) is 4.79 Å². The number of hydrogen-bond acceptors (Lipinski definition) is 4. The van der Waals surface area contributed by atoms with Crippen molar-refractivity contribution in [2.24, 2.45) is 0 Å². The number of rotatable bonds is 6. The fourth-order valence-corrected chi connectivity index (χ4v) is 2.06. The van der Waals surface area contributed by atoms with Gasteiger partial charge in [0.2, 0.25) is 10.0 Å². The summed E-state index contributed by atoms with van der Waals surface area (Å²) < 4.78 is 24.6. The van der Waals surface area contributed by atoms with E-state index in [1.807, 2.05) is 0 Å². The van der Waals surface area contributed by atoms with E-state index in [4.69, 9.17) is 10.2 Å². The number of hydrogen-bond donors (Lipinski definition) is 3. The van der Waals surface area contributed by atoms with E-state index >= 15 is 0 Å². The summed E-state index contributed by atoms with van der Waals surface area (Å²) in [7, 11) is -3.81. The minimum absolute atomic E-state index is 0.00343. The van der Waals surface area contributed by atoms with Crippen molar-refractivity contribution in [2.75, 3.05) is 5.75 Å². The Morgan fingerprint density at radius 2 is 1.94 bits per heavy atom. The van der Waals surface area contributed by atoms with Gasteiger partial charge in [-0.05, 0) is 11.1 Å². The summed E-state index contributed by atoms with van der Waals surface area (Å²) in [6, 6.07) is 6.72. The molecular weight excluding hydrogens is 246 g/mol. The van der Waals surface area contributed by atoms with Gasteiger partial charge in [0.05, 0.1) is 6.61 Å². The standard InChI is InChI=1S/C10H13NO5S/c12-6-9-3-1-2-8(4-9)5-11-17(15,16)7-10(13)14/h1-4,11-12H,5-7H2,(H,13,14). The minimum atomic E-state index is -3.81. The van der Waals surface area contributed by atoms with Gasteiger partial charge in [0.1, 0.15) is 0 Å². The van der Waals surface area contributed by atoms with E-state index < -0.39 is 21.7 Å². The van der Waals surface area contributed by atoms with Gasteiger partial charge in [-0.25, -0.2) is 13.1 Å². The van der Waals surface area contributed by atoms with Gasteiger partial charge in [0.15, 0.2) is 5.75 Å². The largest absolute Gasteiger partial charge is 0.480 e. The van der Waals surface area contributed by atoms with Gasteiger partial charge in [-0.15, -0.1) is 0 Å². The van der Waals surface area contributed by atoms with Crippen LogP contribution in [0.2, 0.25) is 0 Å². The zero-order valence-corrected chi connectivity index (χ0v) is 9.77. The second-order valence-corrected chi connectivity index (χ2v) is 5.26. The van der Waals surface area contributed by atoms with Crippen molar-refractivity contribution in [3.63, 3.8) is 0 Å². The number of carboxylic acids is 1. The smallest absolute Gasteiger partial charge is 0.320 e. The first-order chi connectivity index (χ1) is 7.93. The molecule has 0 spiro atoms. The van der Waals surface area contributed by atoms with Crippen LogP contribution in [0.15, 0.2) is 24.3 Å². The Balaban J connectivity index is 2.64. The van der Waals surface area contributed by atoms with Gasteiger partial charge in [-0.2, -0.15) is 0 Å². The van der Waals surface area contributed by atoms with Crippen molar-refractivity contribution in [3.8, 4) is 0 Å². The highest BCUT2D eigenvalue weighted by atomic mass is 32.2. The molecule has 0 saturated carbocycles. The SMILES string of the molecule is O=C(O)CS(=O)(=O)NCc1cccc(CO)c1. The average Bonchev–Trinajstić information content (AvgIpc) is 2.25. The molecule has 0 unspecified atom stereocenters. The Kier molecular flexibility index (Phi) is 4.62. The third-order valence-electron chi connectivity index (χ3n) is 1.98. The Morgan fingerprint density at radius 3 is 2.53 bits per heavy atom. The first kappa shape index (κ1) is 13.6. The van der Waals surface area contributed by atoms with E-state index in [1.54, 1.807) is 24.3 Å². The third-order valence-corrected chi connectivity index (χ3v) is 3.19. The van der Waals surface area contributed by atoms with Crippen LogP contribution in [0.3, 0.4) is 0 Å². The maximum absolute atomic E-state index is 11.2. The van der Waals surface area contributed by atoms with Crippen LogP contribution in [-0.4, -0.2) is 30.4 Å². The number of aliphatic carboxylic acids is 1. The molecule has 0 amide bonds. The first-order valence-electron chi connectivity index (χ1n) is 4.81. The molecule has 0 heterocycles. The number of carboxylic acid groups (broad SMARTS) is 1.